The van der Waals surface area contributed by atoms with Crippen molar-refractivity contribution in [3.05, 3.63) is 29.2 Å². The van der Waals surface area contributed by atoms with Crippen LogP contribution in [0, 0.1) is 12.7 Å². The van der Waals surface area contributed by atoms with Crippen molar-refractivity contribution in [2.75, 3.05) is 0 Å². The van der Waals surface area contributed by atoms with Crippen LogP contribution < -0.4 is 4.74 Å². The quantitative estimate of drug-likeness (QED) is 0.789. The molecule has 1 aliphatic carbocycles. The minimum absolute atomic E-state index is 0.0801. The summed E-state index contributed by atoms with van der Waals surface area (Å²) in [6.07, 6.45) is 2.87. The number of aldehydes is 1. The maximum absolute atomic E-state index is 14.5. The minimum Gasteiger partial charge on any atom is -0.490 e. The van der Waals surface area contributed by atoms with Gasteiger partial charge >= 0.3 is 6.09 Å². The van der Waals surface area contributed by atoms with Gasteiger partial charge in [0, 0.05) is 0 Å². The summed E-state index contributed by atoms with van der Waals surface area (Å²) in [5.74, 6) is -0.291. The van der Waals surface area contributed by atoms with E-state index < -0.39 is 17.5 Å². The van der Waals surface area contributed by atoms with E-state index in [2.05, 4.69) is 0 Å². The zero-order valence-electron chi connectivity index (χ0n) is 14.2. The summed E-state index contributed by atoms with van der Waals surface area (Å²) in [7, 11) is 0. The second-order valence-electron chi connectivity index (χ2n) is 7.09. The second-order valence-corrected chi connectivity index (χ2v) is 7.09. The van der Waals surface area contributed by atoms with Gasteiger partial charge in [0.05, 0.1) is 28.8 Å². The fourth-order valence-electron chi connectivity index (χ4n) is 2.62. The molecule has 0 saturated heterocycles. The lowest BCUT2D eigenvalue weighted by Gasteiger charge is -2.20. The SMILES string of the molecule is Cc1cc(OC2CC2)c(C=O)c2c(F)cn(C(=O)OC(C)(C)C)c12. The predicted molar refractivity (Wildman–Crippen MR) is 87.3 cm³/mol. The van der Waals surface area contributed by atoms with Gasteiger partial charge in [0.25, 0.3) is 0 Å². The topological polar surface area (TPSA) is 57.5 Å². The van der Waals surface area contributed by atoms with E-state index in [9.17, 15) is 14.0 Å². The molecule has 1 heterocycles. The number of nitrogens with zero attached hydrogens (tertiary/aromatic N) is 1. The molecule has 24 heavy (non-hydrogen) atoms. The Hall–Kier alpha value is -2.37. The Morgan fingerprint density at radius 1 is 1.38 bits per heavy atom. The highest BCUT2D eigenvalue weighted by atomic mass is 19.1. The zero-order chi connectivity index (χ0) is 17.6. The van der Waals surface area contributed by atoms with Crippen LogP contribution in [0.15, 0.2) is 12.3 Å². The van der Waals surface area contributed by atoms with E-state index in [0.29, 0.717) is 23.1 Å². The average molecular weight is 333 g/mol. The Morgan fingerprint density at radius 2 is 2.04 bits per heavy atom. The summed E-state index contributed by atoms with van der Waals surface area (Å²) in [5, 5.41) is 0.0894. The van der Waals surface area contributed by atoms with Gasteiger partial charge in [0.1, 0.15) is 17.2 Å². The molecule has 0 unspecified atom stereocenters. The molecule has 5 nitrogen and oxygen atoms in total. The second kappa shape index (κ2) is 5.61. The summed E-state index contributed by atoms with van der Waals surface area (Å²) in [5.41, 5.74) is 0.385. The van der Waals surface area contributed by atoms with E-state index >= 15 is 0 Å². The first-order valence-corrected chi connectivity index (χ1v) is 7.90. The van der Waals surface area contributed by atoms with Gasteiger partial charge in [-0.2, -0.15) is 0 Å². The Bertz CT molecular complexity index is 828. The van der Waals surface area contributed by atoms with Crippen LogP contribution in [0.1, 0.15) is 49.5 Å². The molecule has 6 heteroatoms. The summed E-state index contributed by atoms with van der Waals surface area (Å²) >= 11 is 0. The molecule has 1 saturated carbocycles. The number of aryl methyl sites for hydroxylation is 1. The van der Waals surface area contributed by atoms with Crippen molar-refractivity contribution in [2.45, 2.75) is 52.2 Å². The van der Waals surface area contributed by atoms with E-state index in [-0.39, 0.29) is 17.1 Å². The Balaban J connectivity index is 2.17. The molecule has 1 fully saturated rings. The fraction of sp³-hybridized carbons (Fsp3) is 0.444. The molecular formula is C18H20FNO4. The molecule has 1 aromatic heterocycles. The zero-order valence-corrected chi connectivity index (χ0v) is 14.2. The third-order valence-corrected chi connectivity index (χ3v) is 3.74. The van der Waals surface area contributed by atoms with Crippen molar-refractivity contribution in [3.8, 4) is 5.75 Å². The largest absolute Gasteiger partial charge is 0.490 e. The highest BCUT2D eigenvalue weighted by Gasteiger charge is 2.28. The minimum atomic E-state index is -0.708. The normalized spacial score (nSPS) is 14.7. The van der Waals surface area contributed by atoms with Gasteiger partial charge in [0.2, 0.25) is 0 Å². The van der Waals surface area contributed by atoms with E-state index in [1.54, 1.807) is 33.8 Å². The Labute approximate surface area is 139 Å². The van der Waals surface area contributed by atoms with Crippen LogP contribution in [0.25, 0.3) is 10.9 Å². The maximum atomic E-state index is 14.5. The van der Waals surface area contributed by atoms with Crippen LogP contribution in [0.2, 0.25) is 0 Å². The van der Waals surface area contributed by atoms with E-state index in [0.717, 1.165) is 23.6 Å². The number of halogens is 1. The molecule has 0 radical (unpaired) electrons. The maximum Gasteiger partial charge on any atom is 0.419 e. The molecular weight excluding hydrogens is 313 g/mol. The van der Waals surface area contributed by atoms with Crippen molar-refractivity contribution in [1.29, 1.82) is 0 Å². The van der Waals surface area contributed by atoms with Crippen molar-refractivity contribution in [2.24, 2.45) is 0 Å². The molecule has 0 amide bonds. The molecule has 1 aliphatic rings. The first-order valence-electron chi connectivity index (χ1n) is 7.90. The summed E-state index contributed by atoms with van der Waals surface area (Å²) in [4.78, 5) is 23.9. The van der Waals surface area contributed by atoms with Crippen LogP contribution in [0.4, 0.5) is 9.18 Å². The van der Waals surface area contributed by atoms with Gasteiger partial charge in [-0.15, -0.1) is 0 Å². The number of rotatable bonds is 3. The summed E-state index contributed by atoms with van der Waals surface area (Å²) in [6, 6.07) is 1.67. The number of fused-ring (bicyclic) bond motifs is 1. The van der Waals surface area contributed by atoms with Crippen molar-refractivity contribution in [3.63, 3.8) is 0 Å². The third kappa shape index (κ3) is 3.00. The van der Waals surface area contributed by atoms with E-state index in [4.69, 9.17) is 9.47 Å². The number of carbonyl (C=O) groups excluding carboxylic acids is 2. The first-order chi connectivity index (χ1) is 11.2. The first kappa shape index (κ1) is 16.5. The molecule has 0 N–H and O–H groups in total. The van der Waals surface area contributed by atoms with E-state index in [1.807, 2.05) is 0 Å². The smallest absolute Gasteiger partial charge is 0.419 e. The molecule has 0 atom stereocenters. The molecule has 3 rings (SSSR count). The Morgan fingerprint density at radius 3 is 2.58 bits per heavy atom. The van der Waals surface area contributed by atoms with Gasteiger partial charge in [0.15, 0.2) is 6.29 Å². The van der Waals surface area contributed by atoms with Gasteiger partial charge in [-0.25, -0.2) is 13.8 Å². The lowest BCUT2D eigenvalue weighted by Crippen LogP contribution is -2.26. The predicted octanol–water partition coefficient (Wildman–Crippen LogP) is 4.23. The summed E-state index contributed by atoms with van der Waals surface area (Å²) < 4.78 is 26.7. The van der Waals surface area contributed by atoms with Crippen LogP contribution in [-0.2, 0) is 4.74 Å². The lowest BCUT2D eigenvalue weighted by atomic mass is 10.1. The average Bonchev–Trinajstić information content (AvgIpc) is 3.20. The number of carbonyl (C=O) groups is 2. The highest BCUT2D eigenvalue weighted by Crippen LogP contribution is 2.36. The van der Waals surface area contributed by atoms with Gasteiger partial charge in [-0.05, 0) is 52.2 Å². The molecule has 2 aromatic rings. The fourth-order valence-corrected chi connectivity index (χ4v) is 2.62. The van der Waals surface area contributed by atoms with Crippen LogP contribution in [0.5, 0.6) is 5.75 Å². The van der Waals surface area contributed by atoms with Crippen LogP contribution in [0.3, 0.4) is 0 Å². The molecule has 0 spiro atoms. The van der Waals surface area contributed by atoms with Crippen LogP contribution in [-0.4, -0.2) is 28.7 Å². The lowest BCUT2D eigenvalue weighted by molar-refractivity contribution is 0.0543. The third-order valence-electron chi connectivity index (χ3n) is 3.74. The van der Waals surface area contributed by atoms with Crippen molar-refractivity contribution < 1.29 is 23.5 Å². The number of ether oxygens (including phenoxy) is 2. The van der Waals surface area contributed by atoms with E-state index in [1.165, 1.54) is 0 Å². The van der Waals surface area contributed by atoms with Gasteiger partial charge in [-0.1, -0.05) is 0 Å². The molecule has 0 bridgehead atoms. The molecule has 0 aliphatic heterocycles. The number of benzene rings is 1. The van der Waals surface area contributed by atoms with Gasteiger partial charge < -0.3 is 9.47 Å². The molecule has 128 valence electrons. The molecule has 1 aromatic carbocycles. The summed E-state index contributed by atoms with van der Waals surface area (Å²) in [6.45, 7) is 6.95. The van der Waals surface area contributed by atoms with Crippen molar-refractivity contribution in [1.82, 2.24) is 4.57 Å². The highest BCUT2D eigenvalue weighted by molar-refractivity contribution is 6.04. The number of hydrogen-bond donors (Lipinski definition) is 0. The standard InChI is InChI=1S/C18H20FNO4/c1-10-7-14(23-11-5-6-11)12(9-21)15-13(19)8-20(16(10)15)17(22)24-18(2,3)4/h7-9,11H,5-6H2,1-4H3. The Kier molecular flexibility index (Phi) is 3.86. The van der Waals surface area contributed by atoms with Crippen LogP contribution >= 0.6 is 0 Å². The number of hydrogen-bond acceptors (Lipinski definition) is 4. The number of aromatic nitrogens is 1. The van der Waals surface area contributed by atoms with Crippen molar-refractivity contribution >= 4 is 23.3 Å². The van der Waals surface area contributed by atoms with Gasteiger partial charge in [-0.3, -0.25) is 4.79 Å². The monoisotopic (exact) mass is 333 g/mol.